The molecule has 0 amide bonds. The molecule has 1 aromatic rings. The number of aryl methyl sites for hydroxylation is 1. The monoisotopic (exact) mass is 261 g/mol. The molecule has 0 aliphatic carbocycles. The Balaban J connectivity index is 2.45. The van der Waals surface area contributed by atoms with Crippen LogP contribution in [0.25, 0.3) is 0 Å². The molecule has 1 aliphatic rings. The minimum atomic E-state index is -0.323. The van der Waals surface area contributed by atoms with Gasteiger partial charge in [-0.3, -0.25) is 4.98 Å². The third kappa shape index (κ3) is 2.44. The average molecular weight is 261 g/mol. The van der Waals surface area contributed by atoms with Gasteiger partial charge in [0.2, 0.25) is 0 Å². The topological polar surface area (TPSA) is 31.4 Å². The van der Waals surface area contributed by atoms with E-state index in [1.165, 1.54) is 5.56 Å². The van der Waals surface area contributed by atoms with Gasteiger partial charge in [0.15, 0.2) is 0 Å². The Morgan fingerprint density at radius 1 is 1.11 bits per heavy atom. The third-order valence-corrected chi connectivity index (χ3v) is 4.27. The summed E-state index contributed by atoms with van der Waals surface area (Å²) in [5, 5.41) is 0. The van der Waals surface area contributed by atoms with E-state index in [1.807, 2.05) is 12.3 Å². The highest BCUT2D eigenvalue weighted by molar-refractivity contribution is 6.63. The molecule has 0 bridgehead atoms. The number of hydrogen-bond acceptors (Lipinski definition) is 3. The molecule has 0 N–H and O–H groups in total. The molecule has 19 heavy (non-hydrogen) atoms. The fourth-order valence-corrected chi connectivity index (χ4v) is 2.32. The van der Waals surface area contributed by atoms with Crippen LogP contribution in [-0.2, 0) is 9.31 Å². The molecule has 1 aliphatic heterocycles. The van der Waals surface area contributed by atoms with Crippen molar-refractivity contribution in [3.05, 3.63) is 23.5 Å². The van der Waals surface area contributed by atoms with Gasteiger partial charge in [0.05, 0.1) is 11.2 Å². The van der Waals surface area contributed by atoms with Gasteiger partial charge >= 0.3 is 7.12 Å². The molecule has 104 valence electrons. The zero-order valence-electron chi connectivity index (χ0n) is 13.1. The number of rotatable bonds is 2. The Labute approximate surface area is 116 Å². The normalized spacial score (nSPS) is 21.2. The number of pyridine rings is 1. The molecular formula is C15H24BNO2. The van der Waals surface area contributed by atoms with Gasteiger partial charge in [0, 0.05) is 17.4 Å². The van der Waals surface area contributed by atoms with Gasteiger partial charge in [0.1, 0.15) is 0 Å². The predicted octanol–water partition coefficient (Wildman–Crippen LogP) is 2.81. The zero-order chi connectivity index (χ0) is 14.4. The van der Waals surface area contributed by atoms with Crippen LogP contribution in [0.15, 0.2) is 12.3 Å². The summed E-state index contributed by atoms with van der Waals surface area (Å²) in [5.41, 5.74) is 2.72. The lowest BCUT2D eigenvalue weighted by atomic mass is 9.73. The van der Waals surface area contributed by atoms with Crippen LogP contribution in [0.2, 0.25) is 0 Å². The molecule has 1 saturated heterocycles. The molecule has 0 aromatic carbocycles. The van der Waals surface area contributed by atoms with E-state index in [0.717, 1.165) is 11.2 Å². The van der Waals surface area contributed by atoms with E-state index in [4.69, 9.17) is 9.31 Å². The molecule has 0 spiro atoms. The van der Waals surface area contributed by atoms with Crippen LogP contribution >= 0.6 is 0 Å². The first-order chi connectivity index (χ1) is 8.66. The average Bonchev–Trinajstić information content (AvgIpc) is 2.47. The first-order valence-corrected chi connectivity index (χ1v) is 6.97. The van der Waals surface area contributed by atoms with Crippen molar-refractivity contribution in [3.8, 4) is 0 Å². The molecule has 0 atom stereocenters. The summed E-state index contributed by atoms with van der Waals surface area (Å²) in [6.45, 7) is 14.7. The highest BCUT2D eigenvalue weighted by Crippen LogP contribution is 2.37. The Morgan fingerprint density at radius 2 is 1.63 bits per heavy atom. The molecule has 1 fully saturated rings. The van der Waals surface area contributed by atoms with Crippen LogP contribution in [-0.4, -0.2) is 23.3 Å². The maximum Gasteiger partial charge on any atom is 0.497 e. The summed E-state index contributed by atoms with van der Waals surface area (Å²) in [5.74, 6) is 0.355. The van der Waals surface area contributed by atoms with E-state index >= 15 is 0 Å². The smallest absolute Gasteiger partial charge is 0.399 e. The van der Waals surface area contributed by atoms with Crippen molar-refractivity contribution in [1.29, 1.82) is 0 Å². The first kappa shape index (κ1) is 14.5. The summed E-state index contributed by atoms with van der Waals surface area (Å²) in [7, 11) is -0.323. The SMILES string of the molecule is Cc1ccnc(C(C)C)c1B1OC(C)(C)C(C)(C)O1. The highest BCUT2D eigenvalue weighted by Gasteiger charge is 2.52. The number of aromatic nitrogens is 1. The zero-order valence-corrected chi connectivity index (χ0v) is 13.1. The van der Waals surface area contributed by atoms with E-state index < -0.39 is 0 Å². The predicted molar refractivity (Wildman–Crippen MR) is 78.8 cm³/mol. The lowest BCUT2D eigenvalue weighted by molar-refractivity contribution is 0.00578. The summed E-state index contributed by atoms with van der Waals surface area (Å²) in [6.07, 6.45) is 1.86. The minimum Gasteiger partial charge on any atom is -0.399 e. The minimum absolute atomic E-state index is 0.311. The van der Waals surface area contributed by atoms with E-state index in [-0.39, 0.29) is 18.3 Å². The van der Waals surface area contributed by atoms with E-state index in [0.29, 0.717) is 5.92 Å². The fourth-order valence-electron chi connectivity index (χ4n) is 2.32. The van der Waals surface area contributed by atoms with Crippen LogP contribution < -0.4 is 5.46 Å². The van der Waals surface area contributed by atoms with Crippen molar-refractivity contribution in [1.82, 2.24) is 4.98 Å². The van der Waals surface area contributed by atoms with Gasteiger partial charge in [-0.15, -0.1) is 0 Å². The second-order valence-corrected chi connectivity index (χ2v) is 6.67. The van der Waals surface area contributed by atoms with Crippen molar-refractivity contribution in [2.75, 3.05) is 0 Å². The molecule has 0 saturated carbocycles. The van der Waals surface area contributed by atoms with Gasteiger partial charge in [-0.1, -0.05) is 13.8 Å². The van der Waals surface area contributed by atoms with Crippen LogP contribution in [0.4, 0.5) is 0 Å². The Kier molecular flexibility index (Phi) is 3.52. The molecule has 2 rings (SSSR count). The van der Waals surface area contributed by atoms with Crippen molar-refractivity contribution in [3.63, 3.8) is 0 Å². The van der Waals surface area contributed by atoms with Gasteiger partial charge < -0.3 is 9.31 Å². The van der Waals surface area contributed by atoms with Gasteiger partial charge in [0.25, 0.3) is 0 Å². The van der Waals surface area contributed by atoms with E-state index in [9.17, 15) is 0 Å². The van der Waals surface area contributed by atoms with Gasteiger partial charge in [-0.2, -0.15) is 0 Å². The molecular weight excluding hydrogens is 237 g/mol. The van der Waals surface area contributed by atoms with Crippen LogP contribution in [0.3, 0.4) is 0 Å². The lowest BCUT2D eigenvalue weighted by Gasteiger charge is -2.32. The molecule has 3 nitrogen and oxygen atoms in total. The molecule has 4 heteroatoms. The third-order valence-electron chi connectivity index (χ3n) is 4.27. The van der Waals surface area contributed by atoms with Gasteiger partial charge in [-0.05, 0) is 52.2 Å². The van der Waals surface area contributed by atoms with Crippen molar-refractivity contribution < 1.29 is 9.31 Å². The Morgan fingerprint density at radius 3 is 2.11 bits per heavy atom. The molecule has 0 radical (unpaired) electrons. The van der Waals surface area contributed by atoms with Crippen molar-refractivity contribution in [2.45, 2.75) is 65.6 Å². The van der Waals surface area contributed by atoms with Gasteiger partial charge in [-0.25, -0.2) is 0 Å². The van der Waals surface area contributed by atoms with E-state index in [2.05, 4.69) is 53.5 Å². The summed E-state index contributed by atoms with van der Waals surface area (Å²) < 4.78 is 12.3. The number of nitrogens with zero attached hydrogens (tertiary/aromatic N) is 1. The molecule has 0 unspecified atom stereocenters. The molecule has 1 aromatic heterocycles. The van der Waals surface area contributed by atoms with Crippen LogP contribution in [0.1, 0.15) is 58.7 Å². The first-order valence-electron chi connectivity index (χ1n) is 6.97. The summed E-state index contributed by atoms with van der Waals surface area (Å²) in [4.78, 5) is 4.52. The lowest BCUT2D eigenvalue weighted by Crippen LogP contribution is -2.41. The highest BCUT2D eigenvalue weighted by atomic mass is 16.7. The second-order valence-electron chi connectivity index (χ2n) is 6.67. The standard InChI is InChI=1S/C15H24BNO2/c1-10(2)13-12(11(3)8-9-17-13)16-18-14(4,5)15(6,7)19-16/h8-10H,1-7H3. The largest absolute Gasteiger partial charge is 0.497 e. The van der Waals surface area contributed by atoms with Crippen LogP contribution in [0.5, 0.6) is 0 Å². The maximum absolute atomic E-state index is 6.16. The number of hydrogen-bond donors (Lipinski definition) is 0. The Hall–Kier alpha value is -0.865. The second kappa shape index (κ2) is 4.60. The van der Waals surface area contributed by atoms with Crippen molar-refractivity contribution >= 4 is 12.6 Å². The van der Waals surface area contributed by atoms with Crippen molar-refractivity contribution in [2.24, 2.45) is 0 Å². The Bertz CT molecular complexity index is 467. The van der Waals surface area contributed by atoms with Crippen LogP contribution in [0, 0.1) is 6.92 Å². The summed E-state index contributed by atoms with van der Waals surface area (Å²) >= 11 is 0. The van der Waals surface area contributed by atoms with E-state index in [1.54, 1.807) is 0 Å². The quantitative estimate of drug-likeness (QED) is 0.767. The molecule has 2 heterocycles. The summed E-state index contributed by atoms with van der Waals surface area (Å²) in [6, 6.07) is 2.02. The maximum atomic E-state index is 6.16. The fraction of sp³-hybridized carbons (Fsp3) is 0.667.